The van der Waals surface area contributed by atoms with Crippen LogP contribution in [0.25, 0.3) is 0 Å². The minimum Gasteiger partial charge on any atom is -0.504 e. The summed E-state index contributed by atoms with van der Waals surface area (Å²) in [4.78, 5) is 1.26. The SMILES string of the molecule is CCOc1cccc(CNCc2ccc(SC)cc2)c1O. The lowest BCUT2D eigenvalue weighted by molar-refractivity contribution is 0.316. The first-order valence-electron chi connectivity index (χ1n) is 7.02. The molecule has 112 valence electrons. The predicted octanol–water partition coefficient (Wildman–Crippen LogP) is 3.80. The van der Waals surface area contributed by atoms with E-state index in [1.54, 1.807) is 17.8 Å². The van der Waals surface area contributed by atoms with Crippen molar-refractivity contribution < 1.29 is 9.84 Å². The second-order valence-corrected chi connectivity index (χ2v) is 5.53. The lowest BCUT2D eigenvalue weighted by atomic mass is 10.1. The molecule has 0 bridgehead atoms. The van der Waals surface area contributed by atoms with E-state index in [4.69, 9.17) is 4.74 Å². The molecule has 2 aromatic carbocycles. The van der Waals surface area contributed by atoms with Crippen LogP contribution in [0, 0.1) is 0 Å². The van der Waals surface area contributed by atoms with Gasteiger partial charge in [-0.1, -0.05) is 24.3 Å². The second kappa shape index (κ2) is 7.96. The number of para-hydroxylation sites is 1. The maximum atomic E-state index is 10.1. The van der Waals surface area contributed by atoms with Gasteiger partial charge in [0.15, 0.2) is 11.5 Å². The van der Waals surface area contributed by atoms with E-state index in [9.17, 15) is 5.11 Å². The molecule has 0 unspecified atom stereocenters. The van der Waals surface area contributed by atoms with Gasteiger partial charge < -0.3 is 15.2 Å². The number of benzene rings is 2. The number of nitrogens with one attached hydrogen (secondary N) is 1. The van der Waals surface area contributed by atoms with E-state index in [0.717, 1.165) is 12.1 Å². The van der Waals surface area contributed by atoms with Crippen LogP contribution in [-0.2, 0) is 13.1 Å². The van der Waals surface area contributed by atoms with Gasteiger partial charge in [0.2, 0.25) is 0 Å². The van der Waals surface area contributed by atoms with Crippen molar-refractivity contribution >= 4 is 11.8 Å². The van der Waals surface area contributed by atoms with E-state index in [1.165, 1.54) is 10.5 Å². The minimum absolute atomic E-state index is 0.226. The Morgan fingerprint density at radius 2 is 1.86 bits per heavy atom. The third-order valence-corrected chi connectivity index (χ3v) is 3.93. The summed E-state index contributed by atoms with van der Waals surface area (Å²) >= 11 is 1.74. The van der Waals surface area contributed by atoms with Crippen molar-refractivity contribution in [2.75, 3.05) is 12.9 Å². The largest absolute Gasteiger partial charge is 0.504 e. The minimum atomic E-state index is 0.226. The Labute approximate surface area is 130 Å². The van der Waals surface area contributed by atoms with Gasteiger partial charge in [0.25, 0.3) is 0 Å². The van der Waals surface area contributed by atoms with Crippen LogP contribution in [0.5, 0.6) is 11.5 Å². The topological polar surface area (TPSA) is 41.5 Å². The maximum absolute atomic E-state index is 10.1. The second-order valence-electron chi connectivity index (χ2n) is 4.65. The van der Waals surface area contributed by atoms with Crippen LogP contribution in [-0.4, -0.2) is 18.0 Å². The normalized spacial score (nSPS) is 10.6. The Morgan fingerprint density at radius 3 is 2.52 bits per heavy atom. The molecule has 0 spiro atoms. The van der Waals surface area contributed by atoms with Crippen LogP contribution < -0.4 is 10.1 Å². The van der Waals surface area contributed by atoms with E-state index in [-0.39, 0.29) is 5.75 Å². The molecule has 2 rings (SSSR count). The van der Waals surface area contributed by atoms with Gasteiger partial charge in [0, 0.05) is 23.5 Å². The molecule has 0 saturated heterocycles. The molecular weight excluding hydrogens is 282 g/mol. The van der Waals surface area contributed by atoms with Crippen molar-refractivity contribution in [3.63, 3.8) is 0 Å². The smallest absolute Gasteiger partial charge is 0.162 e. The summed E-state index contributed by atoms with van der Waals surface area (Å²) in [6.07, 6.45) is 2.07. The molecule has 2 N–H and O–H groups in total. The van der Waals surface area contributed by atoms with Gasteiger partial charge in [0.1, 0.15) is 0 Å². The summed E-state index contributed by atoms with van der Waals surface area (Å²) < 4.78 is 5.39. The molecule has 0 radical (unpaired) electrons. The van der Waals surface area contributed by atoms with Gasteiger partial charge in [-0.05, 0) is 36.9 Å². The van der Waals surface area contributed by atoms with Crippen molar-refractivity contribution in [1.29, 1.82) is 0 Å². The molecule has 0 heterocycles. The fraction of sp³-hybridized carbons (Fsp3) is 0.294. The molecule has 3 nitrogen and oxygen atoms in total. The highest BCUT2D eigenvalue weighted by molar-refractivity contribution is 7.98. The molecule has 2 aromatic rings. The van der Waals surface area contributed by atoms with Crippen molar-refractivity contribution in [3.05, 3.63) is 53.6 Å². The third-order valence-electron chi connectivity index (χ3n) is 3.19. The lowest BCUT2D eigenvalue weighted by Crippen LogP contribution is -2.12. The van der Waals surface area contributed by atoms with Crippen LogP contribution in [0.4, 0.5) is 0 Å². The Hall–Kier alpha value is -1.65. The Bertz CT molecular complexity index is 570. The van der Waals surface area contributed by atoms with E-state index in [0.29, 0.717) is 18.9 Å². The summed E-state index contributed by atoms with van der Waals surface area (Å²) in [5.41, 5.74) is 2.08. The zero-order valence-electron chi connectivity index (χ0n) is 12.4. The van der Waals surface area contributed by atoms with Crippen molar-refractivity contribution in [1.82, 2.24) is 5.32 Å². The average molecular weight is 303 g/mol. The number of hydrogen-bond donors (Lipinski definition) is 2. The third kappa shape index (κ3) is 4.41. The maximum Gasteiger partial charge on any atom is 0.162 e. The summed E-state index contributed by atoms with van der Waals surface area (Å²) in [5, 5.41) is 13.5. The Kier molecular flexibility index (Phi) is 5.96. The van der Waals surface area contributed by atoms with Crippen LogP contribution in [0.15, 0.2) is 47.4 Å². The Morgan fingerprint density at radius 1 is 1.10 bits per heavy atom. The molecule has 21 heavy (non-hydrogen) atoms. The number of hydrogen-bond acceptors (Lipinski definition) is 4. The number of thioether (sulfide) groups is 1. The first kappa shape index (κ1) is 15.7. The van der Waals surface area contributed by atoms with Gasteiger partial charge in [-0.2, -0.15) is 0 Å². The summed E-state index contributed by atoms with van der Waals surface area (Å²) in [6, 6.07) is 14.1. The molecule has 0 aliphatic heterocycles. The van der Waals surface area contributed by atoms with E-state index < -0.39 is 0 Å². The van der Waals surface area contributed by atoms with Crippen molar-refractivity contribution in [2.24, 2.45) is 0 Å². The van der Waals surface area contributed by atoms with Gasteiger partial charge in [0.05, 0.1) is 6.61 Å². The standard InChI is InChI=1S/C17H21NO2S/c1-3-20-16-6-4-5-14(17(16)19)12-18-11-13-7-9-15(21-2)10-8-13/h4-10,18-19H,3,11-12H2,1-2H3. The average Bonchev–Trinajstić information content (AvgIpc) is 2.52. The summed E-state index contributed by atoms with van der Waals surface area (Å²) in [7, 11) is 0. The summed E-state index contributed by atoms with van der Waals surface area (Å²) in [5.74, 6) is 0.769. The van der Waals surface area contributed by atoms with Gasteiger partial charge in [-0.3, -0.25) is 0 Å². The summed E-state index contributed by atoms with van der Waals surface area (Å²) in [6.45, 7) is 3.83. The predicted molar refractivity (Wildman–Crippen MR) is 88.0 cm³/mol. The van der Waals surface area contributed by atoms with Gasteiger partial charge >= 0.3 is 0 Å². The number of phenolic OH excluding ortho intramolecular Hbond substituents is 1. The number of phenols is 1. The molecule has 0 aliphatic rings. The van der Waals surface area contributed by atoms with Crippen molar-refractivity contribution in [3.8, 4) is 11.5 Å². The molecule has 0 fully saturated rings. The van der Waals surface area contributed by atoms with E-state index in [2.05, 4.69) is 35.8 Å². The first-order valence-corrected chi connectivity index (χ1v) is 8.24. The molecule has 0 amide bonds. The zero-order chi connectivity index (χ0) is 15.1. The molecule has 0 saturated carbocycles. The Balaban J connectivity index is 1.92. The highest BCUT2D eigenvalue weighted by atomic mass is 32.2. The molecule has 0 aliphatic carbocycles. The van der Waals surface area contributed by atoms with Crippen LogP contribution in [0.1, 0.15) is 18.1 Å². The van der Waals surface area contributed by atoms with E-state index >= 15 is 0 Å². The van der Waals surface area contributed by atoms with E-state index in [1.807, 2.05) is 19.1 Å². The first-order chi connectivity index (χ1) is 10.2. The molecular formula is C17H21NO2S. The lowest BCUT2D eigenvalue weighted by Gasteiger charge is -2.11. The zero-order valence-corrected chi connectivity index (χ0v) is 13.2. The van der Waals surface area contributed by atoms with Gasteiger partial charge in [-0.25, -0.2) is 0 Å². The van der Waals surface area contributed by atoms with Crippen molar-refractivity contribution in [2.45, 2.75) is 24.9 Å². The number of aromatic hydroxyl groups is 1. The van der Waals surface area contributed by atoms with Crippen LogP contribution in [0.3, 0.4) is 0 Å². The monoisotopic (exact) mass is 303 g/mol. The number of rotatable bonds is 7. The fourth-order valence-corrected chi connectivity index (χ4v) is 2.48. The number of ether oxygens (including phenoxy) is 1. The van der Waals surface area contributed by atoms with Crippen LogP contribution >= 0.6 is 11.8 Å². The quantitative estimate of drug-likeness (QED) is 0.763. The molecule has 0 aromatic heterocycles. The highest BCUT2D eigenvalue weighted by Crippen LogP contribution is 2.29. The molecule has 4 heteroatoms. The fourth-order valence-electron chi connectivity index (χ4n) is 2.07. The highest BCUT2D eigenvalue weighted by Gasteiger charge is 2.07. The van der Waals surface area contributed by atoms with Gasteiger partial charge in [-0.15, -0.1) is 11.8 Å². The van der Waals surface area contributed by atoms with Crippen LogP contribution in [0.2, 0.25) is 0 Å². The molecule has 0 atom stereocenters.